The molecule has 0 fully saturated rings. The second kappa shape index (κ2) is 43.3. The first-order chi connectivity index (χ1) is 32.3. The maximum absolute atomic E-state index is 12.2. The molecule has 0 radical (unpaired) electrons. The van der Waals surface area contributed by atoms with Gasteiger partial charge in [-0.15, -0.1) is 11.3 Å². The molecule has 1 heterocycles. The van der Waals surface area contributed by atoms with E-state index in [0.29, 0.717) is 59.6 Å². The number of aryl methyl sites for hydroxylation is 1. The number of hydrogen-bond acceptors (Lipinski definition) is 17. The summed E-state index contributed by atoms with van der Waals surface area (Å²) in [7, 11) is 0. The molecule has 16 nitrogen and oxygen atoms in total. The van der Waals surface area contributed by atoms with Crippen molar-refractivity contribution in [3.8, 4) is 12.1 Å². The van der Waals surface area contributed by atoms with Crippen molar-refractivity contribution in [1.29, 1.82) is 10.5 Å². The van der Waals surface area contributed by atoms with Gasteiger partial charge in [-0.25, -0.2) is 0 Å². The predicted octanol–water partition coefficient (Wildman–Crippen LogP) is 0.256. The first-order valence-corrected chi connectivity index (χ1v) is 24.2. The number of nitrogens with two attached hydrogens (primary N) is 2. The van der Waals surface area contributed by atoms with Gasteiger partial charge in [0.05, 0.1) is 58.0 Å². The second-order valence-corrected chi connectivity index (χ2v) is 16.9. The number of carboxylic acid groups (broad SMARTS) is 2. The normalized spacial score (nSPS) is 11.6. The number of carbonyl (C=O) groups excluding carboxylic acids is 4. The Hall–Kier alpha value is -3.46. The zero-order chi connectivity index (χ0) is 49.7. The summed E-state index contributed by atoms with van der Waals surface area (Å²) < 4.78 is 27.3. The summed E-state index contributed by atoms with van der Waals surface area (Å²) in [6, 6.07) is 9.68. The van der Waals surface area contributed by atoms with Crippen LogP contribution in [0.2, 0.25) is 0 Å². The number of nitrogen functional groups attached to an aromatic ring is 2. The van der Waals surface area contributed by atoms with Gasteiger partial charge in [-0.05, 0) is 81.7 Å². The number of allylic oxidation sites excluding steroid dienone is 4. The number of benzene rings is 1. The minimum absolute atomic E-state index is 0. The summed E-state index contributed by atoms with van der Waals surface area (Å²) in [6.07, 6.45) is 18.4. The third kappa shape index (κ3) is 32.2. The number of nitriles is 2. The Morgan fingerprint density at radius 2 is 1.14 bits per heavy atom. The molecule has 0 spiro atoms. The van der Waals surface area contributed by atoms with Crippen molar-refractivity contribution in [2.24, 2.45) is 11.8 Å². The number of anilines is 3. The van der Waals surface area contributed by atoms with Gasteiger partial charge in [0.25, 0.3) is 0 Å². The third-order valence-corrected chi connectivity index (χ3v) is 11.5. The Morgan fingerprint density at radius 3 is 1.58 bits per heavy atom. The number of rotatable bonds is 36. The summed E-state index contributed by atoms with van der Waals surface area (Å²) >= 11 is 1.16. The molecule has 19 heteroatoms. The van der Waals surface area contributed by atoms with Crippen molar-refractivity contribution in [2.45, 2.75) is 118 Å². The molecule has 1 aromatic heterocycles. The Balaban J connectivity index is 0. The molecule has 2 aromatic rings. The molecule has 0 saturated carbocycles. The van der Waals surface area contributed by atoms with Gasteiger partial charge in [0.2, 0.25) is 0 Å². The van der Waals surface area contributed by atoms with E-state index in [1.54, 1.807) is 19.1 Å². The molecule has 372 valence electrons. The number of hydrogen-bond donors (Lipinski definition) is 2. The van der Waals surface area contributed by atoms with Crippen LogP contribution in [0.4, 0.5) is 16.4 Å². The molecule has 0 bridgehead atoms. The van der Waals surface area contributed by atoms with Crippen molar-refractivity contribution in [3.05, 3.63) is 64.1 Å². The Labute approximate surface area is 458 Å². The molecule has 2 atom stereocenters. The average molecular weight is 998 g/mol. The number of nitrogens with zero attached hydrogens (tertiary/aromatic N) is 3. The van der Waals surface area contributed by atoms with Crippen LogP contribution < -0.4 is 85.7 Å². The molecule has 2 unspecified atom stereocenters. The van der Waals surface area contributed by atoms with E-state index >= 15 is 0 Å². The van der Waals surface area contributed by atoms with E-state index in [0.717, 1.165) is 67.5 Å². The summed E-state index contributed by atoms with van der Waals surface area (Å²) in [4.78, 5) is 50.0. The fourth-order valence-corrected chi connectivity index (χ4v) is 7.21. The fraction of sp³-hybridized carbons (Fsp3) is 0.600. The summed E-state index contributed by atoms with van der Waals surface area (Å²) in [5.74, 6) is -5.61. The van der Waals surface area contributed by atoms with Gasteiger partial charge in [-0.2, -0.15) is 10.5 Å². The molecule has 1 aromatic carbocycles. The van der Waals surface area contributed by atoms with Crippen molar-refractivity contribution < 1.29 is 112 Å². The molecule has 0 aliphatic carbocycles. The van der Waals surface area contributed by atoms with Crippen LogP contribution in [0.5, 0.6) is 0 Å². The molecule has 0 saturated heterocycles. The van der Waals surface area contributed by atoms with E-state index in [2.05, 4.69) is 18.7 Å². The smallest absolute Gasteiger partial charge is 0.550 e. The standard InChI is InChI=1S/C43H70N2O11.C7H5N3S.2Na/c1-4-6-8-10-12-13-15-17-19-37(43(50)51)34-41(47)56-31-29-54-27-26-52-24-22-45(38-20-21-39(44)35(3)32-38)23-25-53-28-30-55-40(46)33-36(42(48)49)18-16-14-11-9-7-5-2;1-4-5(2-8)7(10)11-6(4)3-9;;/h14-17,20-21,32,36-37H,4-13,18-19,22-31,33-34,44H2,1-3H3,(H,48,49)(H,50,51);10H2,1H3;;/q;;2*+1/p-2/b16-14+,17-15+;;;. The summed E-state index contributed by atoms with van der Waals surface area (Å²) in [5.41, 5.74) is 15.2. The molecular formula is C50H73N5Na2O11S. The fourth-order valence-electron chi connectivity index (χ4n) is 6.39. The zero-order valence-corrected chi connectivity index (χ0v) is 46.9. The molecule has 69 heavy (non-hydrogen) atoms. The minimum Gasteiger partial charge on any atom is -0.550 e. The summed E-state index contributed by atoms with van der Waals surface area (Å²) in [5, 5.41) is 40.5. The zero-order valence-electron chi connectivity index (χ0n) is 42.1. The number of esters is 2. The van der Waals surface area contributed by atoms with Crippen LogP contribution in [0.3, 0.4) is 0 Å². The van der Waals surface area contributed by atoms with Crippen LogP contribution in [-0.4, -0.2) is 89.8 Å². The van der Waals surface area contributed by atoms with Crippen molar-refractivity contribution in [1.82, 2.24) is 0 Å². The number of unbranched alkanes of at least 4 members (excludes halogenated alkanes) is 8. The molecule has 4 N–H and O–H groups in total. The number of aliphatic carboxylic acids is 2. The van der Waals surface area contributed by atoms with Gasteiger partial charge >= 0.3 is 71.1 Å². The number of thiophene rings is 1. The molecule has 2 rings (SSSR count). The van der Waals surface area contributed by atoms with Crippen molar-refractivity contribution >= 4 is 51.6 Å². The van der Waals surface area contributed by atoms with E-state index in [9.17, 15) is 29.4 Å². The minimum atomic E-state index is -1.27. The molecule has 0 aliphatic heterocycles. The topological polar surface area (TPSA) is 263 Å². The van der Waals surface area contributed by atoms with Gasteiger partial charge in [-0.3, -0.25) is 9.59 Å². The number of ether oxygens (including phenoxy) is 5. The predicted molar refractivity (Wildman–Crippen MR) is 256 cm³/mol. The van der Waals surface area contributed by atoms with Crippen LogP contribution in [0.1, 0.15) is 125 Å². The Morgan fingerprint density at radius 1 is 0.681 bits per heavy atom. The van der Waals surface area contributed by atoms with Crippen LogP contribution >= 0.6 is 11.3 Å². The average Bonchev–Trinajstić information content (AvgIpc) is 3.59. The van der Waals surface area contributed by atoms with Gasteiger partial charge in [0, 0.05) is 48.2 Å². The monoisotopic (exact) mass is 997 g/mol. The van der Waals surface area contributed by atoms with Crippen LogP contribution in [-0.2, 0) is 42.9 Å². The molecular weight excluding hydrogens is 925 g/mol. The van der Waals surface area contributed by atoms with Crippen LogP contribution in [0.15, 0.2) is 42.5 Å². The van der Waals surface area contributed by atoms with E-state index in [1.807, 2.05) is 49.4 Å². The third-order valence-electron chi connectivity index (χ3n) is 10.5. The maximum Gasteiger partial charge on any atom is 1.00 e. The maximum atomic E-state index is 12.2. The van der Waals surface area contributed by atoms with Crippen molar-refractivity contribution in [3.63, 3.8) is 0 Å². The second-order valence-electron chi connectivity index (χ2n) is 15.9. The summed E-state index contributed by atoms with van der Waals surface area (Å²) in [6.45, 7) is 10.7. The molecule has 0 amide bonds. The molecule has 0 aliphatic rings. The number of carboxylic acids is 2. The van der Waals surface area contributed by atoms with Gasteiger partial charge < -0.3 is 59.9 Å². The van der Waals surface area contributed by atoms with Crippen LogP contribution in [0, 0.1) is 48.3 Å². The van der Waals surface area contributed by atoms with E-state index in [-0.39, 0.29) is 118 Å². The van der Waals surface area contributed by atoms with Gasteiger partial charge in [0.1, 0.15) is 35.2 Å². The number of carbonyl (C=O) groups is 4. The van der Waals surface area contributed by atoms with Crippen molar-refractivity contribution in [2.75, 3.05) is 82.3 Å². The first kappa shape index (κ1) is 67.6. The Kier molecular flexibility index (Phi) is 42.5. The first-order valence-electron chi connectivity index (χ1n) is 23.4. The van der Waals surface area contributed by atoms with E-state index < -0.39 is 35.7 Å². The largest absolute Gasteiger partial charge is 1.00 e. The van der Waals surface area contributed by atoms with E-state index in [1.165, 1.54) is 19.3 Å². The quantitative estimate of drug-likeness (QED) is 0.0305. The van der Waals surface area contributed by atoms with Gasteiger partial charge in [0.15, 0.2) is 0 Å². The Bertz CT molecular complexity index is 1900. The SMILES string of the molecule is CCCCC/C=C/CC(CC(=O)OCCOCCN(CCOCCOCCOC(=O)CC(C/C=C/CCCCCCC)C(=O)[O-])c1ccc(N)c(C)c1)C(=O)[O-].Cc1c(C#N)sc(N)c1C#N.[Na+].[Na+]. The van der Waals surface area contributed by atoms with Gasteiger partial charge in [-0.1, -0.05) is 76.7 Å². The van der Waals surface area contributed by atoms with Crippen LogP contribution in [0.25, 0.3) is 0 Å². The van der Waals surface area contributed by atoms with E-state index in [4.69, 9.17) is 45.7 Å².